The Balaban J connectivity index is 1.45. The van der Waals surface area contributed by atoms with Crippen molar-refractivity contribution in [3.63, 3.8) is 0 Å². The number of hydrogen-bond donors (Lipinski definition) is 0. The van der Waals surface area contributed by atoms with E-state index in [1.54, 1.807) is 0 Å². The molecule has 1 aliphatic carbocycles. The van der Waals surface area contributed by atoms with Crippen molar-refractivity contribution in [1.29, 1.82) is 0 Å². The third kappa shape index (κ3) is 3.69. The van der Waals surface area contributed by atoms with Gasteiger partial charge in [-0.2, -0.15) is 0 Å². The van der Waals surface area contributed by atoms with Crippen molar-refractivity contribution in [2.75, 3.05) is 4.90 Å². The zero-order chi connectivity index (χ0) is 29.0. The molecule has 0 bridgehead atoms. The second kappa shape index (κ2) is 9.88. The van der Waals surface area contributed by atoms with E-state index in [4.69, 9.17) is 0 Å². The largest absolute Gasteiger partial charge is 0.309 e. The smallest absolute Gasteiger partial charge is 0.0965 e. The molecule has 0 spiro atoms. The van der Waals surface area contributed by atoms with Crippen molar-refractivity contribution < 1.29 is 0 Å². The number of nitrogens with zero attached hydrogens (tertiary/aromatic N) is 2. The maximum atomic E-state index is 3.63. The molecule has 206 valence electrons. The minimum Gasteiger partial charge on any atom is -0.309 e. The Labute approximate surface area is 255 Å². The van der Waals surface area contributed by atoms with Crippen LogP contribution in [-0.2, 0) is 0 Å². The molecule has 0 saturated heterocycles. The quantitative estimate of drug-likeness (QED) is 0.195. The number of aromatic nitrogens is 1. The van der Waals surface area contributed by atoms with Gasteiger partial charge in [-0.05, 0) is 81.9 Å². The van der Waals surface area contributed by atoms with Crippen LogP contribution in [0.4, 0.5) is 17.1 Å². The predicted octanol–water partition coefficient (Wildman–Crippen LogP) is 9.68. The number of benzene rings is 7. The van der Waals surface area contributed by atoms with Gasteiger partial charge in [0, 0.05) is 27.4 Å². The van der Waals surface area contributed by atoms with Crippen LogP contribution in [0.25, 0.3) is 60.7 Å². The Kier molecular flexibility index (Phi) is 5.56. The van der Waals surface area contributed by atoms with E-state index in [0.717, 1.165) is 28.8 Å². The van der Waals surface area contributed by atoms with E-state index in [2.05, 4.69) is 173 Å². The standard InChI is InChI=1S/C42H28N2/c1-3-15-30(16-4-1)43-38-23-12-11-22-36(38)42-39(43)24-13-25-40(42)44(31-17-5-2-6-18-31)41-28-37-32-19-8-7-14-29(32)26-27-34(37)33-20-9-10-21-35(33)41/h1-10,12-22,24-28H,11H2. The molecule has 0 radical (unpaired) electrons. The van der Waals surface area contributed by atoms with Crippen molar-refractivity contribution >= 4 is 72.1 Å². The first-order valence-electron chi connectivity index (χ1n) is 15.2. The highest BCUT2D eigenvalue weighted by atomic mass is 15.1. The van der Waals surface area contributed by atoms with Gasteiger partial charge < -0.3 is 9.47 Å². The van der Waals surface area contributed by atoms with E-state index in [0.29, 0.717) is 0 Å². The van der Waals surface area contributed by atoms with E-state index >= 15 is 0 Å². The summed E-state index contributed by atoms with van der Waals surface area (Å²) in [6.45, 7) is 0. The lowest BCUT2D eigenvalue weighted by Crippen LogP contribution is -2.28. The van der Waals surface area contributed by atoms with Crippen molar-refractivity contribution in [2.24, 2.45) is 0 Å². The lowest BCUT2D eigenvalue weighted by Gasteiger charge is -2.28. The molecule has 1 aliphatic rings. The summed E-state index contributed by atoms with van der Waals surface area (Å²) in [5.41, 5.74) is 9.39. The monoisotopic (exact) mass is 560 g/mol. The van der Waals surface area contributed by atoms with Gasteiger partial charge in [-0.3, -0.25) is 0 Å². The summed E-state index contributed by atoms with van der Waals surface area (Å²) in [6.07, 6.45) is 5.36. The molecule has 44 heavy (non-hydrogen) atoms. The predicted molar refractivity (Wildman–Crippen MR) is 187 cm³/mol. The number of para-hydroxylation sites is 2. The van der Waals surface area contributed by atoms with Crippen LogP contribution in [0.15, 0.2) is 152 Å². The SMILES string of the molecule is C1=CCC=c2c=1n(-c1ccccc1)c1cccc(N(c3ccccc3)c3cc4c5ccccc5ccc4c4ccccc34)c21. The maximum Gasteiger partial charge on any atom is 0.0965 e. The number of anilines is 3. The van der Waals surface area contributed by atoms with E-state index < -0.39 is 0 Å². The van der Waals surface area contributed by atoms with Gasteiger partial charge >= 0.3 is 0 Å². The second-order valence-electron chi connectivity index (χ2n) is 11.4. The average molecular weight is 561 g/mol. The lowest BCUT2D eigenvalue weighted by molar-refractivity contribution is 1.07. The molecule has 0 unspecified atom stereocenters. The molecule has 2 heteroatoms. The van der Waals surface area contributed by atoms with Crippen LogP contribution < -0.4 is 15.5 Å². The molecule has 0 saturated carbocycles. The summed E-state index contributed by atoms with van der Waals surface area (Å²) in [4.78, 5) is 2.47. The van der Waals surface area contributed by atoms with E-state index in [-0.39, 0.29) is 0 Å². The zero-order valence-electron chi connectivity index (χ0n) is 24.1. The molecule has 7 aromatic carbocycles. The summed E-state index contributed by atoms with van der Waals surface area (Å²) in [7, 11) is 0. The molecule has 1 aromatic heterocycles. The zero-order valence-corrected chi connectivity index (χ0v) is 24.1. The van der Waals surface area contributed by atoms with Gasteiger partial charge in [-0.25, -0.2) is 0 Å². The van der Waals surface area contributed by atoms with Gasteiger partial charge in [0.05, 0.1) is 22.2 Å². The highest BCUT2D eigenvalue weighted by Gasteiger charge is 2.22. The number of allylic oxidation sites excluding steroid dienone is 1. The Morgan fingerprint density at radius 2 is 1.25 bits per heavy atom. The summed E-state index contributed by atoms with van der Waals surface area (Å²) in [5, 5.41) is 11.1. The van der Waals surface area contributed by atoms with E-state index in [1.165, 1.54) is 54.1 Å². The maximum absolute atomic E-state index is 3.63. The van der Waals surface area contributed by atoms with Gasteiger partial charge in [0.15, 0.2) is 0 Å². The Morgan fingerprint density at radius 1 is 0.545 bits per heavy atom. The highest BCUT2D eigenvalue weighted by Crippen LogP contribution is 2.44. The fourth-order valence-corrected chi connectivity index (χ4v) is 7.07. The fraction of sp³-hybridized carbons (Fsp3) is 0.0238. The molecule has 0 fully saturated rings. The normalized spacial score (nSPS) is 12.4. The second-order valence-corrected chi connectivity index (χ2v) is 11.4. The minimum atomic E-state index is 0.867. The van der Waals surface area contributed by atoms with Crippen molar-refractivity contribution in [3.05, 3.63) is 162 Å². The molecule has 1 heterocycles. The third-order valence-corrected chi connectivity index (χ3v) is 8.94. The molecule has 8 aromatic rings. The topological polar surface area (TPSA) is 8.17 Å². The number of rotatable bonds is 4. The van der Waals surface area contributed by atoms with Gasteiger partial charge in [-0.1, -0.05) is 115 Å². The molecule has 9 rings (SSSR count). The van der Waals surface area contributed by atoms with Crippen LogP contribution >= 0.6 is 0 Å². The molecule has 0 amide bonds. The summed E-state index contributed by atoms with van der Waals surface area (Å²) < 4.78 is 2.36. The minimum absolute atomic E-state index is 0.867. The third-order valence-electron chi connectivity index (χ3n) is 8.94. The van der Waals surface area contributed by atoms with Crippen LogP contribution in [0.3, 0.4) is 0 Å². The van der Waals surface area contributed by atoms with Crippen LogP contribution in [0.1, 0.15) is 6.42 Å². The van der Waals surface area contributed by atoms with Gasteiger partial charge in [0.25, 0.3) is 0 Å². The van der Waals surface area contributed by atoms with Crippen LogP contribution in [-0.4, -0.2) is 4.57 Å². The van der Waals surface area contributed by atoms with E-state index in [1.807, 2.05) is 0 Å². The fourth-order valence-electron chi connectivity index (χ4n) is 7.07. The molecule has 0 N–H and O–H groups in total. The first-order valence-corrected chi connectivity index (χ1v) is 15.2. The highest BCUT2D eigenvalue weighted by molar-refractivity contribution is 6.22. The van der Waals surface area contributed by atoms with Gasteiger partial charge in [-0.15, -0.1) is 0 Å². The molecule has 0 atom stereocenters. The molecule has 2 nitrogen and oxygen atoms in total. The number of fused-ring (bicyclic) bond motifs is 8. The van der Waals surface area contributed by atoms with Crippen LogP contribution in [0.2, 0.25) is 0 Å². The van der Waals surface area contributed by atoms with Gasteiger partial charge in [0.2, 0.25) is 0 Å². The van der Waals surface area contributed by atoms with Crippen molar-refractivity contribution in [1.82, 2.24) is 4.57 Å². The summed E-state index contributed by atoms with van der Waals surface area (Å²) in [5.74, 6) is 0. The van der Waals surface area contributed by atoms with Crippen molar-refractivity contribution in [2.45, 2.75) is 6.42 Å². The summed E-state index contributed by atoms with van der Waals surface area (Å²) in [6, 6.07) is 52.7. The van der Waals surface area contributed by atoms with Gasteiger partial charge in [0.1, 0.15) is 0 Å². The first-order chi connectivity index (χ1) is 21.9. The van der Waals surface area contributed by atoms with Crippen LogP contribution in [0.5, 0.6) is 0 Å². The van der Waals surface area contributed by atoms with E-state index in [9.17, 15) is 0 Å². The summed E-state index contributed by atoms with van der Waals surface area (Å²) >= 11 is 0. The Morgan fingerprint density at radius 3 is 2.09 bits per heavy atom. The molecular formula is C42H28N2. The first kappa shape index (κ1) is 24.7. The molecular weight excluding hydrogens is 532 g/mol. The van der Waals surface area contributed by atoms with Crippen molar-refractivity contribution in [3.8, 4) is 5.69 Å². The number of hydrogen-bond acceptors (Lipinski definition) is 1. The molecule has 0 aliphatic heterocycles. The Bertz CT molecular complexity index is 2550. The lowest BCUT2D eigenvalue weighted by atomic mass is 9.95. The average Bonchev–Trinajstić information content (AvgIpc) is 3.44. The Hall–Kier alpha value is -5.82. The van der Waals surface area contributed by atoms with Crippen LogP contribution in [0, 0.1) is 0 Å².